The number of thiocarbonyl (C=S) groups is 1. The van der Waals surface area contributed by atoms with Crippen LogP contribution < -0.4 is 15.0 Å². The molecule has 1 aromatic heterocycles. The van der Waals surface area contributed by atoms with Gasteiger partial charge in [0, 0.05) is 20.7 Å². The predicted molar refractivity (Wildman–Crippen MR) is 144 cm³/mol. The molecular formula is C25H14BrClN2O3S2. The van der Waals surface area contributed by atoms with E-state index in [1.165, 1.54) is 16.2 Å². The zero-order chi connectivity index (χ0) is 23.8. The first-order valence-corrected chi connectivity index (χ1v) is 12.4. The smallest absolute Gasteiger partial charge is 0.270 e. The Labute approximate surface area is 217 Å². The molecule has 0 spiro atoms. The molecule has 1 saturated heterocycles. The fraction of sp³-hybridized carbons (Fsp3) is 0. The van der Waals surface area contributed by atoms with Gasteiger partial charge < -0.3 is 4.74 Å². The quantitative estimate of drug-likeness (QED) is 0.164. The number of rotatable bonds is 4. The molecule has 0 radical (unpaired) electrons. The van der Waals surface area contributed by atoms with Gasteiger partial charge in [0.25, 0.3) is 11.8 Å². The maximum Gasteiger partial charge on any atom is 0.270 e. The Morgan fingerprint density at radius 2 is 1.71 bits per heavy atom. The van der Waals surface area contributed by atoms with Crippen LogP contribution in [0.25, 0.3) is 16.2 Å². The van der Waals surface area contributed by atoms with Crippen molar-refractivity contribution in [2.45, 2.75) is 0 Å². The van der Waals surface area contributed by atoms with Crippen molar-refractivity contribution in [3.8, 4) is 11.5 Å². The summed E-state index contributed by atoms with van der Waals surface area (Å²) in [4.78, 5) is 27.4. The summed E-state index contributed by atoms with van der Waals surface area (Å²) >= 11 is 16.5. The molecule has 0 saturated carbocycles. The number of hydrogen-bond acceptors (Lipinski definition) is 5. The molecule has 3 aromatic carbocycles. The molecule has 5 nitrogen and oxygen atoms in total. The summed E-state index contributed by atoms with van der Waals surface area (Å²) in [5.74, 6) is 0.240. The average Bonchev–Trinajstić information content (AvgIpc) is 3.12. The van der Waals surface area contributed by atoms with Crippen LogP contribution in [0.4, 0.5) is 5.69 Å². The van der Waals surface area contributed by atoms with Crippen molar-refractivity contribution < 1.29 is 14.3 Å². The van der Waals surface area contributed by atoms with Crippen LogP contribution in [0, 0.1) is 0 Å². The van der Waals surface area contributed by atoms with Gasteiger partial charge in [0.05, 0.1) is 9.47 Å². The van der Waals surface area contributed by atoms with E-state index in [2.05, 4.69) is 21.2 Å². The van der Waals surface area contributed by atoms with Crippen molar-refractivity contribution in [3.63, 3.8) is 0 Å². The Hall–Kier alpha value is -3.04. The molecule has 0 unspecified atom stereocenters. The minimum Gasteiger partial charge on any atom is -0.457 e. The summed E-state index contributed by atoms with van der Waals surface area (Å²) in [5, 5.41) is 4.04. The lowest BCUT2D eigenvalue weighted by Crippen LogP contribution is -2.54. The summed E-state index contributed by atoms with van der Waals surface area (Å²) in [6, 6.07) is 21.8. The lowest BCUT2D eigenvalue weighted by molar-refractivity contribution is -0.122. The molecule has 9 heteroatoms. The van der Waals surface area contributed by atoms with Crippen LogP contribution in [0.5, 0.6) is 11.5 Å². The van der Waals surface area contributed by atoms with Gasteiger partial charge in [-0.1, -0.05) is 29.8 Å². The van der Waals surface area contributed by atoms with E-state index < -0.39 is 11.8 Å². The van der Waals surface area contributed by atoms with Crippen LogP contribution in [0.1, 0.15) is 5.56 Å². The number of anilines is 1. The van der Waals surface area contributed by atoms with Crippen LogP contribution >= 0.6 is 51.1 Å². The second-order valence-electron chi connectivity index (χ2n) is 7.30. The lowest BCUT2D eigenvalue weighted by atomic mass is 10.1. The Morgan fingerprint density at radius 1 is 1.00 bits per heavy atom. The second kappa shape index (κ2) is 9.31. The van der Waals surface area contributed by atoms with E-state index in [4.69, 9.17) is 28.6 Å². The predicted octanol–water partition coefficient (Wildman–Crippen LogP) is 6.94. The van der Waals surface area contributed by atoms with Crippen molar-refractivity contribution in [3.05, 3.63) is 92.7 Å². The van der Waals surface area contributed by atoms with E-state index in [1.54, 1.807) is 36.4 Å². The van der Waals surface area contributed by atoms with Crippen molar-refractivity contribution in [1.82, 2.24) is 5.32 Å². The van der Waals surface area contributed by atoms with Crippen molar-refractivity contribution in [2.75, 3.05) is 4.90 Å². The van der Waals surface area contributed by atoms with E-state index >= 15 is 0 Å². The highest BCUT2D eigenvalue weighted by atomic mass is 79.9. The topological polar surface area (TPSA) is 58.6 Å². The number of amides is 2. The molecule has 0 aliphatic carbocycles. The van der Waals surface area contributed by atoms with Crippen LogP contribution in [0.3, 0.4) is 0 Å². The third kappa shape index (κ3) is 4.37. The van der Waals surface area contributed by atoms with Crippen molar-refractivity contribution in [1.29, 1.82) is 0 Å². The highest BCUT2D eigenvalue weighted by Gasteiger charge is 2.35. The lowest BCUT2D eigenvalue weighted by Gasteiger charge is -2.29. The van der Waals surface area contributed by atoms with Gasteiger partial charge in [-0.15, -0.1) is 11.3 Å². The summed E-state index contributed by atoms with van der Waals surface area (Å²) in [6.45, 7) is 0. The molecule has 1 aliphatic heterocycles. The molecule has 4 aromatic rings. The van der Waals surface area contributed by atoms with E-state index in [0.29, 0.717) is 27.8 Å². The minimum absolute atomic E-state index is 0.0150. The maximum atomic E-state index is 13.4. The van der Waals surface area contributed by atoms with Gasteiger partial charge in [0.1, 0.15) is 17.1 Å². The first-order valence-electron chi connectivity index (χ1n) is 10.0. The van der Waals surface area contributed by atoms with E-state index in [9.17, 15) is 9.59 Å². The number of carbonyl (C=O) groups excluding carboxylic acids is 2. The van der Waals surface area contributed by atoms with Gasteiger partial charge in [-0.25, -0.2) is 0 Å². The number of para-hydroxylation sites is 1. The van der Waals surface area contributed by atoms with Gasteiger partial charge in [-0.2, -0.15) is 0 Å². The molecule has 1 fully saturated rings. The fourth-order valence-electron chi connectivity index (χ4n) is 3.52. The summed E-state index contributed by atoms with van der Waals surface area (Å²) in [6.07, 6.45) is 1.57. The fourth-order valence-corrected chi connectivity index (χ4v) is 5.71. The number of ether oxygens (including phenoxy) is 1. The Kier molecular flexibility index (Phi) is 6.22. The van der Waals surface area contributed by atoms with Gasteiger partial charge >= 0.3 is 0 Å². The number of fused-ring (bicyclic) bond motifs is 1. The molecule has 1 N–H and O–H groups in total. The largest absolute Gasteiger partial charge is 0.457 e. The second-order valence-corrected chi connectivity index (χ2v) is 10.5. The average molecular weight is 570 g/mol. The molecule has 5 rings (SSSR count). The number of nitrogens with one attached hydrogen (secondary N) is 1. The zero-order valence-electron chi connectivity index (χ0n) is 17.2. The van der Waals surface area contributed by atoms with Crippen molar-refractivity contribution >= 4 is 89.9 Å². The van der Waals surface area contributed by atoms with E-state index in [1.807, 2.05) is 42.5 Å². The Balaban J connectivity index is 1.48. The van der Waals surface area contributed by atoms with Crippen LogP contribution in [-0.4, -0.2) is 16.9 Å². The highest BCUT2D eigenvalue weighted by molar-refractivity contribution is 9.11. The van der Waals surface area contributed by atoms with E-state index in [0.717, 1.165) is 13.9 Å². The van der Waals surface area contributed by atoms with Crippen LogP contribution in [0.2, 0.25) is 5.02 Å². The van der Waals surface area contributed by atoms with Gasteiger partial charge in [-0.05, 0) is 88.8 Å². The van der Waals surface area contributed by atoms with Gasteiger partial charge in [0.2, 0.25) is 0 Å². The molecule has 1 aliphatic rings. The standard InChI is InChI=1S/C25H14BrClN2O3S2/c26-22-19(18-12-14(27)6-11-21(18)34-22)13-20-23(30)28-25(33)29(24(20)31)15-7-9-17(10-8-15)32-16-4-2-1-3-5-16/h1-13H,(H,28,30,33). The highest BCUT2D eigenvalue weighted by Crippen LogP contribution is 2.38. The minimum atomic E-state index is -0.552. The number of nitrogens with zero attached hydrogens (tertiary/aromatic N) is 1. The van der Waals surface area contributed by atoms with Crippen molar-refractivity contribution in [2.24, 2.45) is 0 Å². The summed E-state index contributed by atoms with van der Waals surface area (Å²) < 4.78 is 7.59. The van der Waals surface area contributed by atoms with Crippen LogP contribution in [0.15, 0.2) is 82.2 Å². The zero-order valence-corrected chi connectivity index (χ0v) is 21.2. The molecule has 2 heterocycles. The first-order chi connectivity index (χ1) is 16.4. The monoisotopic (exact) mass is 568 g/mol. The van der Waals surface area contributed by atoms with E-state index in [-0.39, 0.29) is 10.7 Å². The number of halogens is 2. The molecule has 0 atom stereocenters. The first kappa shape index (κ1) is 22.7. The normalized spacial score (nSPS) is 15.2. The summed E-state index contributed by atoms with van der Waals surface area (Å²) in [5.41, 5.74) is 1.19. The number of hydrogen-bond donors (Lipinski definition) is 1. The molecular weight excluding hydrogens is 556 g/mol. The SMILES string of the molecule is O=C1NC(=S)N(c2ccc(Oc3ccccc3)cc2)C(=O)C1=Cc1c(Br)sc2ccc(Cl)cc12. The molecule has 0 bridgehead atoms. The Morgan fingerprint density at radius 3 is 2.44 bits per heavy atom. The number of thiophene rings is 1. The molecule has 168 valence electrons. The van der Waals surface area contributed by atoms with Gasteiger partial charge in [-0.3, -0.25) is 19.8 Å². The van der Waals surface area contributed by atoms with Gasteiger partial charge in [0.15, 0.2) is 5.11 Å². The third-order valence-electron chi connectivity index (χ3n) is 5.11. The third-order valence-corrected chi connectivity index (χ3v) is 7.51. The van der Waals surface area contributed by atoms with Crippen LogP contribution in [-0.2, 0) is 9.59 Å². The number of carbonyl (C=O) groups is 2. The molecule has 34 heavy (non-hydrogen) atoms. The molecule has 2 amide bonds. The Bertz CT molecular complexity index is 1480. The summed E-state index contributed by atoms with van der Waals surface area (Å²) in [7, 11) is 0. The number of benzene rings is 3. The maximum absolute atomic E-state index is 13.4.